The fraction of sp³-hybridized carbons (Fsp3) is 0.553. The Morgan fingerprint density at radius 1 is 1.19 bits per heavy atom. The van der Waals surface area contributed by atoms with E-state index in [1.807, 2.05) is 17.9 Å². The summed E-state index contributed by atoms with van der Waals surface area (Å²) in [6.07, 6.45) is 8.65. The first-order valence-electron chi connectivity index (χ1n) is 18.3. The molecule has 8 rings (SSSR count). The normalized spacial score (nSPS) is 27.8. The number of morpholine rings is 1. The van der Waals surface area contributed by atoms with Crippen molar-refractivity contribution in [3.8, 4) is 23.3 Å². The highest BCUT2D eigenvalue weighted by Crippen LogP contribution is 2.41. The van der Waals surface area contributed by atoms with Crippen LogP contribution in [0.15, 0.2) is 36.5 Å². The quantitative estimate of drug-likeness (QED) is 0.276. The van der Waals surface area contributed by atoms with Gasteiger partial charge in [-0.15, -0.1) is 0 Å². The second-order valence-corrected chi connectivity index (χ2v) is 15.2. The summed E-state index contributed by atoms with van der Waals surface area (Å²) in [4.78, 5) is 35.7. The summed E-state index contributed by atoms with van der Waals surface area (Å²) in [6.45, 7) is 6.35. The molecule has 5 aliphatic heterocycles. The van der Waals surface area contributed by atoms with Crippen LogP contribution >= 0.6 is 11.6 Å². The van der Waals surface area contributed by atoms with E-state index in [-0.39, 0.29) is 36.2 Å². The number of hydrogen-bond acceptors (Lipinski definition) is 10. The van der Waals surface area contributed by atoms with Gasteiger partial charge < -0.3 is 19.3 Å². The van der Waals surface area contributed by atoms with E-state index < -0.39 is 23.6 Å². The third-order valence-electron chi connectivity index (χ3n) is 11.8. The van der Waals surface area contributed by atoms with Crippen LogP contribution in [-0.2, 0) is 9.53 Å². The molecule has 1 amide bonds. The number of amides is 1. The molecule has 5 aliphatic rings. The highest BCUT2D eigenvalue weighted by molar-refractivity contribution is 6.31. The lowest BCUT2D eigenvalue weighted by Crippen LogP contribution is -2.55. The van der Waals surface area contributed by atoms with Crippen molar-refractivity contribution >= 4 is 34.2 Å². The summed E-state index contributed by atoms with van der Waals surface area (Å²) in [6, 6.07) is 7.85. The van der Waals surface area contributed by atoms with Crippen LogP contribution in [0.3, 0.4) is 0 Å². The van der Waals surface area contributed by atoms with Crippen LogP contribution in [-0.4, -0.2) is 124 Å². The molecular weight excluding hydrogens is 690 g/mol. The van der Waals surface area contributed by atoms with E-state index in [4.69, 9.17) is 26.1 Å². The number of alkyl halides is 1. The molecule has 5 saturated heterocycles. The number of carbonyl (C=O) groups is 1. The third kappa shape index (κ3) is 6.48. The molecule has 2 bridgehead atoms. The maximum absolute atomic E-state index is 16.6. The average molecular weight is 733 g/mol. The number of piperazine rings is 1. The molecule has 0 aliphatic carbocycles. The molecule has 1 aromatic carbocycles. The van der Waals surface area contributed by atoms with Crippen molar-refractivity contribution in [2.24, 2.45) is 0 Å². The fourth-order valence-corrected chi connectivity index (χ4v) is 9.20. The number of fused-ring (bicyclic) bond motifs is 4. The van der Waals surface area contributed by atoms with Gasteiger partial charge in [-0.2, -0.15) is 15.2 Å². The minimum absolute atomic E-state index is 0.0137. The molecule has 0 radical (unpaired) electrons. The molecular formula is C38H43ClF2N8O3. The molecule has 0 saturated carbocycles. The number of pyridine rings is 1. The van der Waals surface area contributed by atoms with Gasteiger partial charge in [0.1, 0.15) is 29.8 Å². The van der Waals surface area contributed by atoms with Gasteiger partial charge in [0.25, 0.3) is 0 Å². The molecule has 3 aromatic rings. The van der Waals surface area contributed by atoms with Gasteiger partial charge in [0, 0.05) is 74.1 Å². The second kappa shape index (κ2) is 14.5. The summed E-state index contributed by atoms with van der Waals surface area (Å²) in [5, 5.41) is 10.7. The number of benzene rings is 1. The van der Waals surface area contributed by atoms with Crippen molar-refractivity contribution < 1.29 is 23.0 Å². The van der Waals surface area contributed by atoms with E-state index in [2.05, 4.69) is 25.8 Å². The monoisotopic (exact) mass is 732 g/mol. The van der Waals surface area contributed by atoms with Gasteiger partial charge in [-0.1, -0.05) is 29.8 Å². The highest BCUT2D eigenvalue weighted by atomic mass is 35.5. The van der Waals surface area contributed by atoms with Crippen LogP contribution < -0.4 is 9.64 Å². The SMILES string of the molecule is Cc1c(Cl)cccc1-c1ncc2c(N3CCN(C(=O)/C=C/CN4[C@@H]5CC[C@H]4COC5)[C@@H](CC#N)C3)nc(OC[C@@]34CCCN3C[C@H](F)C4)nc2c1F. The summed E-state index contributed by atoms with van der Waals surface area (Å²) < 4.78 is 43.2. The Bertz CT molecular complexity index is 1910. The van der Waals surface area contributed by atoms with Crippen LogP contribution in [0.5, 0.6) is 6.01 Å². The van der Waals surface area contributed by atoms with Crippen LogP contribution in [0.4, 0.5) is 14.6 Å². The number of nitrogens with zero attached hydrogens (tertiary/aromatic N) is 8. The van der Waals surface area contributed by atoms with E-state index in [0.29, 0.717) is 78.6 Å². The van der Waals surface area contributed by atoms with Gasteiger partial charge in [-0.3, -0.25) is 19.6 Å². The number of hydrogen-bond donors (Lipinski definition) is 0. The van der Waals surface area contributed by atoms with Crippen molar-refractivity contribution in [3.05, 3.63) is 53.0 Å². The largest absolute Gasteiger partial charge is 0.461 e. The lowest BCUT2D eigenvalue weighted by molar-refractivity contribution is -0.128. The van der Waals surface area contributed by atoms with Gasteiger partial charge in [-0.05, 0) is 50.8 Å². The molecule has 0 N–H and O–H groups in total. The van der Waals surface area contributed by atoms with Crippen molar-refractivity contribution in [1.82, 2.24) is 29.7 Å². The Hall–Kier alpha value is -3.96. The van der Waals surface area contributed by atoms with Crippen LogP contribution in [0.25, 0.3) is 22.2 Å². The molecule has 7 heterocycles. The lowest BCUT2D eigenvalue weighted by atomic mass is 9.95. The zero-order valence-corrected chi connectivity index (χ0v) is 30.1. The van der Waals surface area contributed by atoms with E-state index in [9.17, 15) is 14.4 Å². The van der Waals surface area contributed by atoms with Gasteiger partial charge in [0.15, 0.2) is 5.82 Å². The van der Waals surface area contributed by atoms with Crippen molar-refractivity contribution in [2.75, 3.05) is 64.0 Å². The predicted molar refractivity (Wildman–Crippen MR) is 192 cm³/mol. The van der Waals surface area contributed by atoms with Crippen LogP contribution in [0.2, 0.25) is 5.02 Å². The maximum atomic E-state index is 16.6. The van der Waals surface area contributed by atoms with Crippen molar-refractivity contribution in [1.29, 1.82) is 5.26 Å². The zero-order valence-electron chi connectivity index (χ0n) is 29.3. The number of halogens is 3. The van der Waals surface area contributed by atoms with E-state index >= 15 is 4.39 Å². The van der Waals surface area contributed by atoms with Gasteiger partial charge in [-0.25, -0.2) is 8.78 Å². The second-order valence-electron chi connectivity index (χ2n) is 14.8. The van der Waals surface area contributed by atoms with E-state index in [1.54, 1.807) is 35.4 Å². The minimum atomic E-state index is -0.926. The topological polar surface area (TPSA) is 111 Å². The first kappa shape index (κ1) is 35.1. The predicted octanol–water partition coefficient (Wildman–Crippen LogP) is 5.10. The summed E-state index contributed by atoms with van der Waals surface area (Å²) in [5.41, 5.74) is 0.931. The third-order valence-corrected chi connectivity index (χ3v) is 12.2. The summed E-state index contributed by atoms with van der Waals surface area (Å²) >= 11 is 6.40. The van der Waals surface area contributed by atoms with Gasteiger partial charge >= 0.3 is 6.01 Å². The summed E-state index contributed by atoms with van der Waals surface area (Å²) in [5.74, 6) is -0.373. The molecule has 11 nitrogen and oxygen atoms in total. The highest BCUT2D eigenvalue weighted by Gasteiger charge is 2.49. The summed E-state index contributed by atoms with van der Waals surface area (Å²) in [7, 11) is 0. The number of ether oxygens (including phenoxy) is 2. The van der Waals surface area contributed by atoms with E-state index in [0.717, 1.165) is 45.4 Å². The maximum Gasteiger partial charge on any atom is 0.319 e. The smallest absolute Gasteiger partial charge is 0.319 e. The number of anilines is 1. The Morgan fingerprint density at radius 3 is 2.83 bits per heavy atom. The first-order chi connectivity index (χ1) is 25.2. The number of carbonyl (C=O) groups excluding carboxylic acids is 1. The van der Waals surface area contributed by atoms with Gasteiger partial charge in [0.2, 0.25) is 5.91 Å². The van der Waals surface area contributed by atoms with Crippen molar-refractivity contribution in [2.45, 2.75) is 75.3 Å². The lowest BCUT2D eigenvalue weighted by Gasteiger charge is -2.41. The molecule has 5 fully saturated rings. The average Bonchev–Trinajstić information content (AvgIpc) is 3.73. The van der Waals surface area contributed by atoms with E-state index in [1.165, 1.54) is 0 Å². The molecule has 274 valence electrons. The molecule has 0 unspecified atom stereocenters. The molecule has 14 heteroatoms. The number of rotatable bonds is 9. The zero-order chi connectivity index (χ0) is 36.0. The van der Waals surface area contributed by atoms with Gasteiger partial charge in [0.05, 0.1) is 42.7 Å². The molecule has 5 atom stereocenters. The minimum Gasteiger partial charge on any atom is -0.461 e. The Kier molecular flexibility index (Phi) is 9.76. The van der Waals surface area contributed by atoms with Crippen LogP contribution in [0.1, 0.15) is 44.1 Å². The molecule has 0 spiro atoms. The molecule has 52 heavy (non-hydrogen) atoms. The number of nitriles is 1. The fourth-order valence-electron chi connectivity index (χ4n) is 9.03. The Labute approximate surface area is 307 Å². The molecule has 2 aromatic heterocycles. The first-order valence-corrected chi connectivity index (χ1v) is 18.7. The van der Waals surface area contributed by atoms with Crippen molar-refractivity contribution in [3.63, 3.8) is 0 Å². The number of aromatic nitrogens is 3. The Balaban J connectivity index is 1.08. The standard InChI is InChI=1S/C38H43ClF2N8O3/c1-24-29(5-2-6-31(24)39)34-33(41)35-30(18-43-34)36(45-37(44-35)52-23-38-11-4-13-47(38)19-25(40)17-38)46-15-16-49(26(20-46)10-12-42)32(50)7-3-14-48-27-8-9-28(48)22-51-21-27/h2-3,5-7,18,25-28H,4,8-11,13-17,19-23H2,1H3/b7-3+/t25-,26+,27-,28+,38+/m1/s1. The Morgan fingerprint density at radius 2 is 2.02 bits per heavy atom. The van der Waals surface area contributed by atoms with Crippen LogP contribution in [0, 0.1) is 24.1 Å².